The summed E-state index contributed by atoms with van der Waals surface area (Å²) in [6.07, 6.45) is 1.06. The van der Waals surface area contributed by atoms with E-state index in [-0.39, 0.29) is 0 Å². The molecule has 1 aromatic rings. The first-order valence-electron chi connectivity index (χ1n) is 5.29. The van der Waals surface area contributed by atoms with Crippen LogP contribution in [0.3, 0.4) is 0 Å². The second-order valence-electron chi connectivity index (χ2n) is 4.00. The Morgan fingerprint density at radius 1 is 1.33 bits per heavy atom. The summed E-state index contributed by atoms with van der Waals surface area (Å²) in [7, 11) is 0. The number of benzene rings is 1. The lowest BCUT2D eigenvalue weighted by molar-refractivity contribution is 0.110. The van der Waals surface area contributed by atoms with Gasteiger partial charge in [-0.15, -0.1) is 0 Å². The summed E-state index contributed by atoms with van der Waals surface area (Å²) in [4.78, 5) is 0. The summed E-state index contributed by atoms with van der Waals surface area (Å²) in [5, 5.41) is 8.86. The first-order chi connectivity index (χ1) is 7.24. The second-order valence-corrected chi connectivity index (χ2v) is 4.00. The van der Waals surface area contributed by atoms with Crippen LogP contribution in [0.5, 0.6) is 0 Å². The lowest BCUT2D eigenvalue weighted by atomic mass is 10.1. The van der Waals surface area contributed by atoms with Crippen molar-refractivity contribution in [2.45, 2.75) is 26.9 Å². The van der Waals surface area contributed by atoms with E-state index in [4.69, 9.17) is 10.00 Å². The van der Waals surface area contributed by atoms with Crippen molar-refractivity contribution in [2.75, 3.05) is 6.61 Å². The molecule has 1 aromatic carbocycles. The van der Waals surface area contributed by atoms with Crippen LogP contribution in [0.25, 0.3) is 0 Å². The molecule has 15 heavy (non-hydrogen) atoms. The van der Waals surface area contributed by atoms with Crippen LogP contribution < -0.4 is 0 Å². The molecular formula is C13H17NO. The van der Waals surface area contributed by atoms with Gasteiger partial charge in [0, 0.05) is 6.61 Å². The van der Waals surface area contributed by atoms with Crippen molar-refractivity contribution in [3.63, 3.8) is 0 Å². The van der Waals surface area contributed by atoms with Crippen molar-refractivity contribution in [3.8, 4) is 6.07 Å². The van der Waals surface area contributed by atoms with Crippen LogP contribution in [0, 0.1) is 17.2 Å². The normalized spacial score (nSPS) is 10.3. The smallest absolute Gasteiger partial charge is 0.0995 e. The quantitative estimate of drug-likeness (QED) is 0.689. The van der Waals surface area contributed by atoms with E-state index in [1.54, 1.807) is 0 Å². The van der Waals surface area contributed by atoms with Gasteiger partial charge in [-0.05, 0) is 24.0 Å². The molecule has 0 aromatic heterocycles. The Bertz CT molecular complexity index is 339. The molecular weight excluding hydrogens is 186 g/mol. The highest BCUT2D eigenvalue weighted by atomic mass is 16.5. The molecule has 0 spiro atoms. The monoisotopic (exact) mass is 203 g/mol. The van der Waals surface area contributed by atoms with Crippen LogP contribution in [-0.2, 0) is 11.3 Å². The number of rotatable bonds is 5. The van der Waals surface area contributed by atoms with E-state index in [0.717, 1.165) is 18.6 Å². The van der Waals surface area contributed by atoms with Gasteiger partial charge >= 0.3 is 0 Å². The highest BCUT2D eigenvalue weighted by Gasteiger charge is 2.00. The molecule has 2 nitrogen and oxygen atoms in total. The van der Waals surface area contributed by atoms with E-state index in [1.165, 1.54) is 0 Å². The molecule has 0 unspecified atom stereocenters. The number of hydrogen-bond acceptors (Lipinski definition) is 2. The largest absolute Gasteiger partial charge is 0.377 e. The molecule has 0 amide bonds. The molecule has 0 saturated heterocycles. The van der Waals surface area contributed by atoms with Gasteiger partial charge in [0.1, 0.15) is 0 Å². The minimum Gasteiger partial charge on any atom is -0.377 e. The summed E-state index contributed by atoms with van der Waals surface area (Å²) in [5.74, 6) is 0.663. The Labute approximate surface area is 91.5 Å². The zero-order chi connectivity index (χ0) is 11.1. The Morgan fingerprint density at radius 3 is 2.73 bits per heavy atom. The highest BCUT2D eigenvalue weighted by Crippen LogP contribution is 2.09. The lowest BCUT2D eigenvalue weighted by Crippen LogP contribution is -2.00. The van der Waals surface area contributed by atoms with Gasteiger partial charge in [0.2, 0.25) is 0 Å². The molecule has 0 N–H and O–H groups in total. The fraction of sp³-hybridized carbons (Fsp3) is 0.462. The zero-order valence-electron chi connectivity index (χ0n) is 9.36. The topological polar surface area (TPSA) is 33.0 Å². The molecule has 0 aliphatic heterocycles. The fourth-order valence-corrected chi connectivity index (χ4v) is 1.26. The van der Waals surface area contributed by atoms with E-state index in [9.17, 15) is 0 Å². The predicted octanol–water partition coefficient (Wildman–Crippen LogP) is 3.12. The van der Waals surface area contributed by atoms with Crippen LogP contribution in [0.15, 0.2) is 24.3 Å². The Morgan fingerprint density at radius 2 is 2.07 bits per heavy atom. The maximum Gasteiger partial charge on any atom is 0.0995 e. The molecule has 0 saturated carbocycles. The van der Waals surface area contributed by atoms with Crippen LogP contribution >= 0.6 is 0 Å². The van der Waals surface area contributed by atoms with Crippen molar-refractivity contribution >= 4 is 0 Å². The van der Waals surface area contributed by atoms with Gasteiger partial charge < -0.3 is 4.74 Å². The third-order valence-corrected chi connectivity index (χ3v) is 2.23. The SMILES string of the molecule is CC(C)CCOCc1ccccc1C#N. The van der Waals surface area contributed by atoms with Crippen LogP contribution in [0.2, 0.25) is 0 Å². The van der Waals surface area contributed by atoms with Crippen molar-refractivity contribution in [3.05, 3.63) is 35.4 Å². The third-order valence-electron chi connectivity index (χ3n) is 2.23. The molecule has 0 aliphatic carbocycles. The summed E-state index contributed by atoms with van der Waals surface area (Å²) in [5.41, 5.74) is 1.69. The predicted molar refractivity (Wildman–Crippen MR) is 60.3 cm³/mol. The van der Waals surface area contributed by atoms with Crippen molar-refractivity contribution in [1.29, 1.82) is 5.26 Å². The zero-order valence-corrected chi connectivity index (χ0v) is 9.36. The van der Waals surface area contributed by atoms with Gasteiger partial charge in [-0.25, -0.2) is 0 Å². The maximum absolute atomic E-state index is 8.86. The molecule has 0 radical (unpaired) electrons. The van der Waals surface area contributed by atoms with Gasteiger partial charge in [0.15, 0.2) is 0 Å². The Balaban J connectivity index is 2.41. The van der Waals surface area contributed by atoms with Gasteiger partial charge in [-0.2, -0.15) is 5.26 Å². The maximum atomic E-state index is 8.86. The Kier molecular flexibility index (Phi) is 4.86. The van der Waals surface area contributed by atoms with E-state index >= 15 is 0 Å². The summed E-state index contributed by atoms with van der Waals surface area (Å²) < 4.78 is 5.52. The highest BCUT2D eigenvalue weighted by molar-refractivity contribution is 5.36. The van der Waals surface area contributed by atoms with E-state index < -0.39 is 0 Å². The van der Waals surface area contributed by atoms with E-state index in [2.05, 4.69) is 19.9 Å². The molecule has 0 aliphatic rings. The molecule has 0 fully saturated rings. The molecule has 1 rings (SSSR count). The van der Waals surface area contributed by atoms with E-state index in [0.29, 0.717) is 18.1 Å². The Hall–Kier alpha value is -1.33. The summed E-state index contributed by atoms with van der Waals surface area (Å²) >= 11 is 0. The average Bonchev–Trinajstić information content (AvgIpc) is 2.24. The fourth-order valence-electron chi connectivity index (χ4n) is 1.26. The number of hydrogen-bond donors (Lipinski definition) is 0. The van der Waals surface area contributed by atoms with E-state index in [1.807, 2.05) is 24.3 Å². The van der Waals surface area contributed by atoms with Crippen molar-refractivity contribution in [1.82, 2.24) is 0 Å². The summed E-state index contributed by atoms with van der Waals surface area (Å²) in [6.45, 7) is 5.65. The van der Waals surface area contributed by atoms with Gasteiger partial charge in [0.05, 0.1) is 18.2 Å². The van der Waals surface area contributed by atoms with Crippen LogP contribution in [0.1, 0.15) is 31.4 Å². The minimum atomic E-state index is 0.538. The number of nitriles is 1. The van der Waals surface area contributed by atoms with Crippen molar-refractivity contribution < 1.29 is 4.74 Å². The molecule has 0 atom stereocenters. The molecule has 0 bridgehead atoms. The standard InChI is InChI=1S/C13H17NO/c1-11(2)7-8-15-10-13-6-4-3-5-12(13)9-14/h3-6,11H,7-8,10H2,1-2H3. The minimum absolute atomic E-state index is 0.538. The summed E-state index contributed by atoms with van der Waals surface area (Å²) in [6, 6.07) is 9.73. The average molecular weight is 203 g/mol. The van der Waals surface area contributed by atoms with Crippen LogP contribution in [-0.4, -0.2) is 6.61 Å². The molecule has 0 heterocycles. The number of nitrogens with zero attached hydrogens (tertiary/aromatic N) is 1. The lowest BCUT2D eigenvalue weighted by Gasteiger charge is -2.07. The second kappa shape index (κ2) is 6.21. The van der Waals surface area contributed by atoms with Gasteiger partial charge in [0.25, 0.3) is 0 Å². The first-order valence-corrected chi connectivity index (χ1v) is 5.29. The molecule has 2 heteroatoms. The van der Waals surface area contributed by atoms with Gasteiger partial charge in [-0.1, -0.05) is 32.0 Å². The third kappa shape index (κ3) is 4.14. The molecule has 80 valence electrons. The first kappa shape index (κ1) is 11.7. The number of ether oxygens (including phenoxy) is 1. The van der Waals surface area contributed by atoms with Gasteiger partial charge in [-0.3, -0.25) is 0 Å². The van der Waals surface area contributed by atoms with Crippen LogP contribution in [0.4, 0.5) is 0 Å². The van der Waals surface area contributed by atoms with Crippen molar-refractivity contribution in [2.24, 2.45) is 5.92 Å².